The topological polar surface area (TPSA) is 49.4 Å². The van der Waals surface area contributed by atoms with E-state index in [4.69, 9.17) is 11.6 Å². The van der Waals surface area contributed by atoms with Crippen LogP contribution in [-0.4, -0.2) is 29.3 Å². The van der Waals surface area contributed by atoms with Crippen molar-refractivity contribution in [3.63, 3.8) is 0 Å². The minimum absolute atomic E-state index is 0.0321. The number of hydrogen-bond acceptors (Lipinski definition) is 2. The zero-order valence-corrected chi connectivity index (χ0v) is 14.5. The summed E-state index contributed by atoms with van der Waals surface area (Å²) >= 11 is 5.72. The van der Waals surface area contributed by atoms with Crippen LogP contribution in [-0.2, 0) is 9.59 Å². The average Bonchev–Trinajstić information content (AvgIpc) is 3.38. The van der Waals surface area contributed by atoms with Crippen molar-refractivity contribution in [2.24, 2.45) is 11.8 Å². The molecule has 4 nitrogen and oxygen atoms in total. The minimum atomic E-state index is -0.523. The summed E-state index contributed by atoms with van der Waals surface area (Å²) in [6.45, 7) is 2.90. The lowest BCUT2D eigenvalue weighted by Crippen LogP contribution is -2.44. The van der Waals surface area contributed by atoms with Crippen molar-refractivity contribution in [3.8, 4) is 0 Å². The molecule has 1 N–H and O–H groups in total. The summed E-state index contributed by atoms with van der Waals surface area (Å²) in [5.74, 6) is -1.11. The normalized spacial score (nSPS) is 26.1. The largest absolute Gasteiger partial charge is 0.339 e. The Balaban J connectivity index is 1.58. The standard InChI is InChI=1S/C18H22ClFN2O2/c1-2-12-5-3-4-8-22(12)18(24)14-10-13(14)17(23)21-11-6-7-16(20)15(19)9-11/h6-7,9,12-14H,2-5,8,10H2,1H3,(H,21,23). The summed E-state index contributed by atoms with van der Waals surface area (Å²) in [6, 6.07) is 4.38. The number of amides is 2. The van der Waals surface area contributed by atoms with Crippen molar-refractivity contribution in [2.45, 2.75) is 45.1 Å². The summed E-state index contributed by atoms with van der Waals surface area (Å²) in [7, 11) is 0. The molecule has 24 heavy (non-hydrogen) atoms. The van der Waals surface area contributed by atoms with Crippen molar-refractivity contribution in [1.82, 2.24) is 4.90 Å². The van der Waals surface area contributed by atoms with E-state index in [9.17, 15) is 14.0 Å². The molecule has 1 heterocycles. The number of nitrogens with zero attached hydrogens (tertiary/aromatic N) is 1. The lowest BCUT2D eigenvalue weighted by molar-refractivity contribution is -0.137. The maximum Gasteiger partial charge on any atom is 0.228 e. The van der Waals surface area contributed by atoms with E-state index in [0.29, 0.717) is 18.2 Å². The Morgan fingerprint density at radius 2 is 2.12 bits per heavy atom. The second-order valence-corrected chi connectivity index (χ2v) is 7.06. The van der Waals surface area contributed by atoms with E-state index in [2.05, 4.69) is 12.2 Å². The van der Waals surface area contributed by atoms with Gasteiger partial charge in [-0.3, -0.25) is 9.59 Å². The van der Waals surface area contributed by atoms with Crippen LogP contribution in [0, 0.1) is 17.7 Å². The Morgan fingerprint density at radius 1 is 1.33 bits per heavy atom. The van der Waals surface area contributed by atoms with Crippen LogP contribution < -0.4 is 5.32 Å². The molecule has 1 aliphatic carbocycles. The minimum Gasteiger partial charge on any atom is -0.339 e. The van der Waals surface area contributed by atoms with Crippen molar-refractivity contribution in [2.75, 3.05) is 11.9 Å². The molecule has 6 heteroatoms. The molecule has 1 aromatic rings. The quantitative estimate of drug-likeness (QED) is 0.894. The molecule has 3 unspecified atom stereocenters. The van der Waals surface area contributed by atoms with Crippen LogP contribution in [0.4, 0.5) is 10.1 Å². The number of carbonyl (C=O) groups is 2. The highest BCUT2D eigenvalue weighted by atomic mass is 35.5. The van der Waals surface area contributed by atoms with E-state index in [1.165, 1.54) is 24.6 Å². The molecule has 0 radical (unpaired) electrons. The molecule has 1 aromatic carbocycles. The van der Waals surface area contributed by atoms with Gasteiger partial charge in [-0.2, -0.15) is 0 Å². The fraction of sp³-hybridized carbons (Fsp3) is 0.556. The Morgan fingerprint density at radius 3 is 2.83 bits per heavy atom. The van der Waals surface area contributed by atoms with E-state index in [1.54, 1.807) is 0 Å². The molecule has 3 atom stereocenters. The van der Waals surface area contributed by atoms with Gasteiger partial charge in [0.15, 0.2) is 0 Å². The lowest BCUT2D eigenvalue weighted by Gasteiger charge is -2.35. The van der Waals surface area contributed by atoms with Gasteiger partial charge in [-0.25, -0.2) is 4.39 Å². The van der Waals surface area contributed by atoms with Crippen LogP contribution in [0.3, 0.4) is 0 Å². The Hall–Kier alpha value is -1.62. The van der Waals surface area contributed by atoms with Gasteiger partial charge in [-0.1, -0.05) is 18.5 Å². The van der Waals surface area contributed by atoms with Gasteiger partial charge in [0.2, 0.25) is 11.8 Å². The number of rotatable bonds is 4. The summed E-state index contributed by atoms with van der Waals surface area (Å²) in [5.41, 5.74) is 0.453. The third kappa shape index (κ3) is 3.56. The molecule has 0 aromatic heterocycles. The summed E-state index contributed by atoms with van der Waals surface area (Å²) in [6.07, 6.45) is 4.82. The molecule has 2 fully saturated rings. The van der Waals surface area contributed by atoms with Crippen molar-refractivity contribution in [3.05, 3.63) is 29.0 Å². The van der Waals surface area contributed by atoms with Gasteiger partial charge in [-0.05, 0) is 50.3 Å². The van der Waals surface area contributed by atoms with Crippen LogP contribution in [0.1, 0.15) is 39.0 Å². The number of carbonyl (C=O) groups excluding carboxylic acids is 2. The Labute approximate surface area is 146 Å². The molecule has 1 saturated carbocycles. The van der Waals surface area contributed by atoms with Crippen molar-refractivity contribution >= 4 is 29.1 Å². The fourth-order valence-corrected chi connectivity index (χ4v) is 3.68. The molecule has 2 amide bonds. The van der Waals surface area contributed by atoms with E-state index < -0.39 is 5.82 Å². The highest BCUT2D eigenvalue weighted by Gasteiger charge is 2.50. The van der Waals surface area contributed by atoms with Gasteiger partial charge in [0.1, 0.15) is 5.82 Å². The third-order valence-electron chi connectivity index (χ3n) is 5.01. The SMILES string of the molecule is CCC1CCCCN1C(=O)C1CC1C(=O)Nc1ccc(F)c(Cl)c1. The second kappa shape index (κ2) is 7.09. The number of nitrogens with one attached hydrogen (secondary N) is 1. The van der Waals surface area contributed by atoms with Crippen LogP contribution >= 0.6 is 11.6 Å². The average molecular weight is 353 g/mol. The molecule has 0 spiro atoms. The lowest BCUT2D eigenvalue weighted by atomic mass is 9.99. The molecule has 3 rings (SSSR count). The maximum atomic E-state index is 13.2. The molecule has 2 aliphatic rings. The zero-order valence-electron chi connectivity index (χ0n) is 13.7. The number of piperidine rings is 1. The number of likely N-dealkylation sites (tertiary alicyclic amines) is 1. The summed E-state index contributed by atoms with van der Waals surface area (Å²) in [4.78, 5) is 26.9. The van der Waals surface area contributed by atoms with Gasteiger partial charge in [-0.15, -0.1) is 0 Å². The van der Waals surface area contributed by atoms with Gasteiger partial charge in [0.25, 0.3) is 0 Å². The van der Waals surface area contributed by atoms with Crippen LogP contribution in [0.2, 0.25) is 5.02 Å². The number of hydrogen-bond donors (Lipinski definition) is 1. The molecular formula is C18H22ClFN2O2. The number of anilines is 1. The molecular weight excluding hydrogens is 331 g/mol. The highest BCUT2D eigenvalue weighted by molar-refractivity contribution is 6.31. The monoisotopic (exact) mass is 352 g/mol. The Bertz CT molecular complexity index is 652. The number of benzene rings is 1. The van der Waals surface area contributed by atoms with E-state index in [0.717, 1.165) is 25.8 Å². The van der Waals surface area contributed by atoms with E-state index >= 15 is 0 Å². The summed E-state index contributed by atoms with van der Waals surface area (Å²) in [5, 5.41) is 2.69. The predicted molar refractivity (Wildman–Crippen MR) is 91.3 cm³/mol. The zero-order chi connectivity index (χ0) is 17.3. The van der Waals surface area contributed by atoms with Gasteiger partial charge < -0.3 is 10.2 Å². The van der Waals surface area contributed by atoms with Gasteiger partial charge in [0.05, 0.1) is 16.9 Å². The molecule has 1 saturated heterocycles. The first-order chi connectivity index (χ1) is 11.5. The van der Waals surface area contributed by atoms with E-state index in [-0.39, 0.29) is 28.7 Å². The van der Waals surface area contributed by atoms with Gasteiger partial charge >= 0.3 is 0 Å². The second-order valence-electron chi connectivity index (χ2n) is 6.66. The predicted octanol–water partition coefficient (Wildman–Crippen LogP) is 3.84. The third-order valence-corrected chi connectivity index (χ3v) is 5.30. The molecule has 130 valence electrons. The molecule has 0 bridgehead atoms. The smallest absolute Gasteiger partial charge is 0.228 e. The van der Waals surface area contributed by atoms with Crippen LogP contribution in [0.25, 0.3) is 0 Å². The first-order valence-electron chi connectivity index (χ1n) is 8.57. The fourth-order valence-electron chi connectivity index (χ4n) is 3.49. The van der Waals surface area contributed by atoms with Gasteiger partial charge in [0, 0.05) is 18.3 Å². The van der Waals surface area contributed by atoms with E-state index in [1.807, 2.05) is 4.90 Å². The van der Waals surface area contributed by atoms with Crippen molar-refractivity contribution < 1.29 is 14.0 Å². The number of halogens is 2. The highest BCUT2D eigenvalue weighted by Crippen LogP contribution is 2.42. The Kier molecular flexibility index (Phi) is 5.09. The molecule has 1 aliphatic heterocycles. The van der Waals surface area contributed by atoms with Crippen molar-refractivity contribution in [1.29, 1.82) is 0 Å². The maximum absolute atomic E-state index is 13.2. The first kappa shape index (κ1) is 17.2. The summed E-state index contributed by atoms with van der Waals surface area (Å²) < 4.78 is 13.2. The first-order valence-corrected chi connectivity index (χ1v) is 8.95. The van der Waals surface area contributed by atoms with Crippen LogP contribution in [0.5, 0.6) is 0 Å². The van der Waals surface area contributed by atoms with Crippen LogP contribution in [0.15, 0.2) is 18.2 Å².